The average molecular weight is 680 g/mol. The number of phenols is 2. The van der Waals surface area contributed by atoms with Crippen molar-refractivity contribution < 1.29 is 27.2 Å². The molecule has 0 saturated carbocycles. The molecule has 4 fully saturated rings. The molecule has 4 saturated heterocycles. The Morgan fingerprint density at radius 1 is 0.467 bits per heavy atom. The Kier molecular flexibility index (Phi) is 11.2. The van der Waals surface area contributed by atoms with Crippen LogP contribution in [0.1, 0.15) is 36.3 Å². The predicted molar refractivity (Wildman–Crippen MR) is 180 cm³/mol. The van der Waals surface area contributed by atoms with E-state index in [4.69, 9.17) is 18.6 Å². The van der Waals surface area contributed by atoms with Gasteiger partial charge < -0.3 is 10.2 Å². The standard InChI is InChI=1S/2C18H20N2O.2ClH.Ti/c2*21-17-15(14-6-2-1-3-7-14)8-4-9-16(17)18-19-10-5-11-20(18)13-12-19;;;/h2*1-4,6-9,18,21H,5,10-13H2;2*1H;/q;;;;+2/p-2. The van der Waals surface area contributed by atoms with Gasteiger partial charge in [0.25, 0.3) is 0 Å². The Morgan fingerprint density at radius 3 is 1.13 bits per heavy atom. The van der Waals surface area contributed by atoms with Crippen LogP contribution in [0.25, 0.3) is 22.3 Å². The molecule has 4 aliphatic rings. The summed E-state index contributed by atoms with van der Waals surface area (Å²) in [7, 11) is 9.78. The number of hydrogen-bond acceptors (Lipinski definition) is 6. The van der Waals surface area contributed by atoms with Gasteiger partial charge in [-0.15, -0.1) is 0 Å². The zero-order chi connectivity index (χ0) is 31.2. The van der Waals surface area contributed by atoms with E-state index in [-0.39, 0.29) is 12.3 Å². The molecule has 4 atom stereocenters. The van der Waals surface area contributed by atoms with Crippen molar-refractivity contribution in [3.63, 3.8) is 0 Å². The minimum atomic E-state index is -0.556. The van der Waals surface area contributed by atoms with Crippen LogP contribution in [-0.4, -0.2) is 82.2 Å². The van der Waals surface area contributed by atoms with Crippen LogP contribution >= 0.6 is 18.6 Å². The average Bonchev–Trinajstić information content (AvgIpc) is 3.46. The van der Waals surface area contributed by atoms with Crippen molar-refractivity contribution in [3.8, 4) is 33.8 Å². The zero-order valence-corrected chi connectivity index (χ0v) is 28.5. The Morgan fingerprint density at radius 2 is 0.800 bits per heavy atom. The summed E-state index contributed by atoms with van der Waals surface area (Å²) in [4.78, 5) is 9.92. The second-order valence-corrected chi connectivity index (χ2v) is 14.5. The van der Waals surface area contributed by atoms with Crippen molar-refractivity contribution in [3.05, 3.63) is 108 Å². The molecular weight excluding hydrogens is 639 g/mol. The normalized spacial score (nSPS) is 26.2. The van der Waals surface area contributed by atoms with Crippen LogP contribution in [0.2, 0.25) is 0 Å². The van der Waals surface area contributed by atoms with Gasteiger partial charge >= 0.3 is 35.6 Å². The molecule has 4 bridgehead atoms. The van der Waals surface area contributed by atoms with Crippen molar-refractivity contribution in [1.82, 2.24) is 19.6 Å². The summed E-state index contributed by atoms with van der Waals surface area (Å²) in [5, 5.41) is 21.6. The molecule has 0 radical (unpaired) electrons. The van der Waals surface area contributed by atoms with Gasteiger partial charge in [-0.1, -0.05) is 97.1 Å². The number of fused-ring (bicyclic) bond motifs is 4. The summed E-state index contributed by atoms with van der Waals surface area (Å²) in [5.74, 6) is 0.875. The van der Waals surface area contributed by atoms with Crippen LogP contribution < -0.4 is 0 Å². The molecule has 4 aromatic rings. The summed E-state index contributed by atoms with van der Waals surface area (Å²) in [5.41, 5.74) is 6.11. The fourth-order valence-corrected chi connectivity index (χ4v) is 7.38. The Balaban J connectivity index is 0.000000146. The molecule has 0 amide bonds. The monoisotopic (exact) mass is 678 g/mol. The molecule has 4 unspecified atom stereocenters. The van der Waals surface area contributed by atoms with Crippen molar-refractivity contribution in [2.75, 3.05) is 52.4 Å². The first-order valence-corrected chi connectivity index (χ1v) is 20.1. The van der Waals surface area contributed by atoms with Gasteiger partial charge in [-0.2, -0.15) is 0 Å². The fourth-order valence-electron chi connectivity index (χ4n) is 7.38. The summed E-state index contributed by atoms with van der Waals surface area (Å²) in [6, 6.07) is 32.5. The molecule has 2 N–H and O–H groups in total. The molecule has 8 rings (SSSR count). The van der Waals surface area contributed by atoms with Crippen LogP contribution in [0.5, 0.6) is 11.5 Å². The van der Waals surface area contributed by atoms with Crippen LogP contribution in [0.3, 0.4) is 0 Å². The molecule has 0 aromatic heterocycles. The minimum absolute atomic E-state index is 0.252. The molecule has 9 heteroatoms. The van der Waals surface area contributed by atoms with E-state index in [1.807, 2.05) is 48.5 Å². The third-order valence-electron chi connectivity index (χ3n) is 9.37. The first-order valence-electron chi connectivity index (χ1n) is 15.8. The zero-order valence-electron chi connectivity index (χ0n) is 25.4. The maximum absolute atomic E-state index is 10.8. The Hall–Kier alpha value is -2.39. The summed E-state index contributed by atoms with van der Waals surface area (Å²) < 4.78 is 0. The quantitative estimate of drug-likeness (QED) is 0.218. The van der Waals surface area contributed by atoms with Gasteiger partial charge in [-0.25, -0.2) is 0 Å². The van der Waals surface area contributed by atoms with Gasteiger partial charge in [0.2, 0.25) is 0 Å². The van der Waals surface area contributed by atoms with Crippen LogP contribution in [-0.2, 0) is 17.0 Å². The summed E-state index contributed by atoms with van der Waals surface area (Å²) in [6.45, 7) is 8.98. The number of aromatic hydroxyl groups is 2. The second kappa shape index (κ2) is 15.5. The van der Waals surface area contributed by atoms with E-state index in [9.17, 15) is 10.2 Å². The van der Waals surface area contributed by atoms with Gasteiger partial charge in [-0.05, 0) is 24.0 Å². The number of nitrogens with zero attached hydrogens (tertiary/aromatic N) is 4. The van der Waals surface area contributed by atoms with Gasteiger partial charge in [0.15, 0.2) is 0 Å². The van der Waals surface area contributed by atoms with E-state index < -0.39 is 17.0 Å². The molecule has 0 spiro atoms. The van der Waals surface area contributed by atoms with Crippen molar-refractivity contribution in [2.24, 2.45) is 0 Å². The van der Waals surface area contributed by atoms with Crippen molar-refractivity contribution in [1.29, 1.82) is 0 Å². The third-order valence-corrected chi connectivity index (χ3v) is 9.37. The molecule has 45 heavy (non-hydrogen) atoms. The number of benzene rings is 4. The molecule has 4 aliphatic heterocycles. The van der Waals surface area contributed by atoms with E-state index in [2.05, 4.69) is 68.1 Å². The molecule has 4 aromatic carbocycles. The van der Waals surface area contributed by atoms with Gasteiger partial charge in [0.05, 0.1) is 12.3 Å². The number of halogens is 2. The summed E-state index contributed by atoms with van der Waals surface area (Å²) in [6.07, 6.45) is 2.97. The van der Waals surface area contributed by atoms with E-state index in [0.717, 1.165) is 85.7 Å². The van der Waals surface area contributed by atoms with Crippen LogP contribution in [0, 0.1) is 0 Å². The van der Waals surface area contributed by atoms with Crippen LogP contribution in [0.4, 0.5) is 0 Å². The maximum atomic E-state index is 10.8. The Labute approximate surface area is 283 Å². The summed E-state index contributed by atoms with van der Waals surface area (Å²) >= 11 is -0.556. The molecular formula is C36H40Cl2N4O2Ti. The van der Waals surface area contributed by atoms with E-state index in [0.29, 0.717) is 11.5 Å². The second-order valence-electron chi connectivity index (χ2n) is 11.9. The van der Waals surface area contributed by atoms with E-state index in [1.54, 1.807) is 0 Å². The Bertz CT molecular complexity index is 1400. The molecule has 0 aliphatic carbocycles. The van der Waals surface area contributed by atoms with Gasteiger partial charge in [0.1, 0.15) is 11.5 Å². The first-order chi connectivity index (χ1) is 22.1. The number of phenolic OH excluding ortho intramolecular Hbond substituents is 2. The van der Waals surface area contributed by atoms with E-state index in [1.165, 1.54) is 12.8 Å². The van der Waals surface area contributed by atoms with Crippen LogP contribution in [0.15, 0.2) is 97.1 Å². The number of para-hydroxylation sites is 2. The number of hydrogen-bond donors (Lipinski definition) is 2. The van der Waals surface area contributed by atoms with E-state index >= 15 is 0 Å². The SMILES string of the molecule is Oc1c(-c2ccccc2)cccc1C1N2CCCN1CC2.Oc1c(-c2ccccc2)cccc1C1N2CCCN1CC2.[Cl][Ti][Cl]. The fraction of sp³-hybridized carbons (Fsp3) is 0.333. The van der Waals surface area contributed by atoms with Crippen molar-refractivity contribution in [2.45, 2.75) is 25.2 Å². The first kappa shape index (κ1) is 32.6. The van der Waals surface area contributed by atoms with Gasteiger partial charge in [-0.3, -0.25) is 19.6 Å². The van der Waals surface area contributed by atoms with Crippen molar-refractivity contribution >= 4 is 18.6 Å². The molecule has 4 heterocycles. The topological polar surface area (TPSA) is 53.4 Å². The molecule has 6 nitrogen and oxygen atoms in total. The molecule has 234 valence electrons. The third kappa shape index (κ3) is 7.14. The number of rotatable bonds is 4. The predicted octanol–water partition coefficient (Wildman–Crippen LogP) is 7.53. The van der Waals surface area contributed by atoms with Gasteiger partial charge in [0, 0.05) is 74.6 Å².